The Morgan fingerprint density at radius 2 is 1.14 bits per heavy atom. The van der Waals surface area contributed by atoms with Crippen LogP contribution in [0.2, 0.25) is 0 Å². The third-order valence-corrected chi connectivity index (χ3v) is 4.19. The van der Waals surface area contributed by atoms with Crippen molar-refractivity contribution in [3.63, 3.8) is 0 Å². The number of aliphatic hydroxyl groups is 1. The Bertz CT molecular complexity index is 556. The highest BCUT2D eigenvalue weighted by atomic mass is 16.4. The van der Waals surface area contributed by atoms with Crippen LogP contribution >= 0.6 is 0 Å². The summed E-state index contributed by atoms with van der Waals surface area (Å²) in [6, 6.07) is 0. The molecule has 0 aromatic rings. The van der Waals surface area contributed by atoms with Crippen molar-refractivity contribution in [3.8, 4) is 0 Å². The van der Waals surface area contributed by atoms with E-state index in [1.165, 1.54) is 11.1 Å². The van der Waals surface area contributed by atoms with E-state index in [-0.39, 0.29) is 26.2 Å². The van der Waals surface area contributed by atoms with Crippen LogP contribution < -0.4 is 0 Å². The molecule has 1 aliphatic rings. The molecule has 0 saturated carbocycles. The van der Waals surface area contributed by atoms with E-state index in [0.717, 1.165) is 0 Å². The number of aliphatic carboxylic acids is 3. The molecule has 0 saturated heterocycles. The number of carboxylic acids is 3. The number of aliphatic hydroxyl groups excluding tert-OH is 1. The lowest BCUT2D eigenvalue weighted by Gasteiger charge is -2.32. The Morgan fingerprint density at radius 3 is 1.57 bits per heavy atom. The van der Waals surface area contributed by atoms with Gasteiger partial charge < -0.3 is 30.2 Å². The van der Waals surface area contributed by atoms with Gasteiger partial charge in [-0.15, -0.1) is 0 Å². The largest absolute Gasteiger partial charge is 0.480 e. The molecular formula is C17H30N4O7. The van der Waals surface area contributed by atoms with Crippen molar-refractivity contribution >= 4 is 17.9 Å². The molecule has 4 N–H and O–H groups in total. The highest BCUT2D eigenvalue weighted by molar-refractivity contribution is 5.70. The first-order valence-corrected chi connectivity index (χ1v) is 9.10. The number of β-amino-alcohol motifs (C(OH)–C–C–N with tert-alkyl or cyclic N) is 1. The minimum absolute atomic E-state index is 0.168. The predicted molar refractivity (Wildman–Crippen MR) is 99.8 cm³/mol. The van der Waals surface area contributed by atoms with Crippen LogP contribution in [0.1, 0.15) is 6.92 Å². The van der Waals surface area contributed by atoms with E-state index in [2.05, 4.69) is 0 Å². The maximum absolute atomic E-state index is 11.1. The minimum Gasteiger partial charge on any atom is -0.480 e. The third-order valence-electron chi connectivity index (χ3n) is 4.19. The number of rotatable bonds is 8. The van der Waals surface area contributed by atoms with Crippen LogP contribution in [0.5, 0.6) is 0 Å². The van der Waals surface area contributed by atoms with Crippen LogP contribution in [0, 0.1) is 0 Å². The molecule has 1 unspecified atom stereocenters. The highest BCUT2D eigenvalue weighted by Crippen LogP contribution is 2.03. The Morgan fingerprint density at radius 1 is 0.750 bits per heavy atom. The van der Waals surface area contributed by atoms with Gasteiger partial charge in [-0.1, -0.05) is 0 Å². The molecule has 0 aromatic heterocycles. The summed E-state index contributed by atoms with van der Waals surface area (Å²) >= 11 is 0. The fourth-order valence-electron chi connectivity index (χ4n) is 2.90. The average Bonchev–Trinajstić information content (AvgIpc) is 2.55. The molecule has 0 aromatic carbocycles. The molecule has 0 amide bonds. The summed E-state index contributed by atoms with van der Waals surface area (Å²) in [6.07, 6.45) is 2.49. The van der Waals surface area contributed by atoms with Crippen LogP contribution in [-0.2, 0) is 14.4 Å². The van der Waals surface area contributed by atoms with E-state index >= 15 is 0 Å². The molecule has 0 fully saturated rings. The third kappa shape index (κ3) is 10.7. The van der Waals surface area contributed by atoms with Crippen molar-refractivity contribution < 1.29 is 34.8 Å². The van der Waals surface area contributed by atoms with Gasteiger partial charge in [-0.2, -0.15) is 0 Å². The van der Waals surface area contributed by atoms with Gasteiger partial charge in [-0.3, -0.25) is 24.2 Å². The number of carbonyl (C=O) groups is 3. The average molecular weight is 402 g/mol. The zero-order valence-corrected chi connectivity index (χ0v) is 16.1. The second-order valence-corrected chi connectivity index (χ2v) is 6.85. The summed E-state index contributed by atoms with van der Waals surface area (Å²) in [5.74, 6) is -3.01. The van der Waals surface area contributed by atoms with Crippen molar-refractivity contribution in [1.29, 1.82) is 0 Å². The SMILES string of the molecule is CC(O)CN1CCN(CC(=O)O)/C=C\N(CC(=O)O)CCN(CC(=O)O)CC1. The summed E-state index contributed by atoms with van der Waals surface area (Å²) in [5, 5.41) is 37.0. The molecule has 160 valence electrons. The van der Waals surface area contributed by atoms with Crippen molar-refractivity contribution in [2.24, 2.45) is 0 Å². The smallest absolute Gasteiger partial charge is 0.323 e. The first kappa shape index (κ1) is 23.7. The normalized spacial score (nSPS) is 20.1. The minimum atomic E-state index is -1.03. The maximum Gasteiger partial charge on any atom is 0.323 e. The number of hydrogen-bond donors (Lipinski definition) is 4. The van der Waals surface area contributed by atoms with Gasteiger partial charge in [0.1, 0.15) is 13.1 Å². The van der Waals surface area contributed by atoms with Gasteiger partial charge >= 0.3 is 17.9 Å². The second kappa shape index (κ2) is 12.2. The van der Waals surface area contributed by atoms with Crippen LogP contribution in [0.3, 0.4) is 0 Å². The fourth-order valence-corrected chi connectivity index (χ4v) is 2.90. The van der Waals surface area contributed by atoms with Gasteiger partial charge in [0.15, 0.2) is 0 Å². The number of hydrogen-bond acceptors (Lipinski definition) is 8. The van der Waals surface area contributed by atoms with E-state index in [4.69, 9.17) is 15.3 Å². The molecule has 0 spiro atoms. The molecule has 0 radical (unpaired) electrons. The Balaban J connectivity index is 2.99. The predicted octanol–water partition coefficient (Wildman–Crippen LogP) is -1.69. The first-order chi connectivity index (χ1) is 13.2. The molecule has 1 rings (SSSR count). The monoisotopic (exact) mass is 402 g/mol. The molecule has 28 heavy (non-hydrogen) atoms. The topological polar surface area (TPSA) is 145 Å². The van der Waals surface area contributed by atoms with Crippen LogP contribution in [0.25, 0.3) is 0 Å². The van der Waals surface area contributed by atoms with Crippen molar-refractivity contribution in [3.05, 3.63) is 12.4 Å². The molecule has 1 atom stereocenters. The van der Waals surface area contributed by atoms with Gasteiger partial charge in [0, 0.05) is 58.2 Å². The summed E-state index contributed by atoms with van der Waals surface area (Å²) in [6.45, 7) is 3.77. The Hall–Kier alpha value is -2.37. The van der Waals surface area contributed by atoms with E-state index in [0.29, 0.717) is 39.3 Å². The lowest BCUT2D eigenvalue weighted by Crippen LogP contribution is -2.45. The lowest BCUT2D eigenvalue weighted by atomic mass is 10.3. The van der Waals surface area contributed by atoms with Crippen molar-refractivity contribution in [2.45, 2.75) is 13.0 Å². The van der Waals surface area contributed by atoms with E-state index in [1.807, 2.05) is 4.90 Å². The molecule has 1 aliphatic heterocycles. The zero-order valence-electron chi connectivity index (χ0n) is 16.1. The van der Waals surface area contributed by atoms with Gasteiger partial charge in [0.05, 0.1) is 12.6 Å². The highest BCUT2D eigenvalue weighted by Gasteiger charge is 2.17. The molecular weight excluding hydrogens is 372 g/mol. The maximum atomic E-state index is 11.1. The zero-order chi connectivity index (χ0) is 21.1. The Kier molecular flexibility index (Phi) is 10.3. The van der Waals surface area contributed by atoms with E-state index in [1.54, 1.807) is 22.9 Å². The van der Waals surface area contributed by atoms with E-state index in [9.17, 15) is 19.5 Å². The van der Waals surface area contributed by atoms with Crippen LogP contribution in [-0.4, -0.2) is 129 Å². The summed E-state index contributed by atoms with van der Waals surface area (Å²) in [7, 11) is 0. The first-order valence-electron chi connectivity index (χ1n) is 9.10. The second-order valence-electron chi connectivity index (χ2n) is 6.85. The summed E-state index contributed by atoms with van der Waals surface area (Å²) in [4.78, 5) is 40.1. The number of carboxylic acid groups (broad SMARTS) is 3. The standard InChI is InChI=1S/C17H30N4O7/c1-14(22)10-18-2-4-19(11-15(23)24)6-8-21(13-17(27)28)9-7-20(5-3-18)12-16(25)26/h6,8,14,22H,2-5,7,9-13H2,1H3,(H,23,24)(H,25,26)(H,27,28)/b8-6-. The van der Waals surface area contributed by atoms with Gasteiger partial charge in [-0.05, 0) is 6.92 Å². The fraction of sp³-hybridized carbons (Fsp3) is 0.706. The van der Waals surface area contributed by atoms with Crippen LogP contribution in [0.15, 0.2) is 12.4 Å². The quantitative estimate of drug-likeness (QED) is 0.369. The van der Waals surface area contributed by atoms with Gasteiger partial charge in [-0.25, -0.2) is 0 Å². The summed E-state index contributed by atoms with van der Waals surface area (Å²) in [5.41, 5.74) is 0. The van der Waals surface area contributed by atoms with Crippen molar-refractivity contribution in [2.75, 3.05) is 65.4 Å². The molecule has 0 bridgehead atoms. The summed E-state index contributed by atoms with van der Waals surface area (Å²) < 4.78 is 0. The molecule has 1 heterocycles. The Labute approximate surface area is 164 Å². The molecule has 0 aliphatic carbocycles. The van der Waals surface area contributed by atoms with Gasteiger partial charge in [0.2, 0.25) is 0 Å². The number of nitrogens with zero attached hydrogens (tertiary/aromatic N) is 4. The van der Waals surface area contributed by atoms with Crippen LogP contribution in [0.4, 0.5) is 0 Å². The molecule has 11 heteroatoms. The molecule has 11 nitrogen and oxygen atoms in total. The lowest BCUT2D eigenvalue weighted by molar-refractivity contribution is -0.139. The van der Waals surface area contributed by atoms with E-state index < -0.39 is 24.0 Å². The van der Waals surface area contributed by atoms with Crippen molar-refractivity contribution in [1.82, 2.24) is 19.6 Å². The van der Waals surface area contributed by atoms with Gasteiger partial charge in [0.25, 0.3) is 0 Å².